The zero-order valence-electron chi connectivity index (χ0n) is 21.5. The Kier molecular flexibility index (Phi) is 7.23. The van der Waals surface area contributed by atoms with Crippen molar-refractivity contribution in [3.8, 4) is 0 Å². The smallest absolute Gasteiger partial charge is 0.232 e. The summed E-state index contributed by atoms with van der Waals surface area (Å²) in [6, 6.07) is 9.75. The van der Waals surface area contributed by atoms with E-state index < -0.39 is 21.7 Å². The molecule has 2 aromatic carbocycles. The number of sulfonamides is 1. The van der Waals surface area contributed by atoms with Crippen LogP contribution in [0.1, 0.15) is 0 Å². The number of rotatable bonds is 7. The minimum Gasteiger partial charge on any atom is -0.367 e. The van der Waals surface area contributed by atoms with Crippen LogP contribution < -0.4 is 19.8 Å². The van der Waals surface area contributed by atoms with Crippen LogP contribution in [0, 0.1) is 11.6 Å². The lowest BCUT2D eigenvalue weighted by molar-refractivity contribution is 0.311. The lowest BCUT2D eigenvalue weighted by atomic mass is 10.2. The zero-order valence-corrected chi connectivity index (χ0v) is 23.0. The highest BCUT2D eigenvalue weighted by Gasteiger charge is 2.23. The Morgan fingerprint density at radius 3 is 2.44 bits per heavy atom. The average Bonchev–Trinajstić information content (AvgIpc) is 3.27. The zero-order chi connectivity index (χ0) is 27.9. The molecule has 2 aromatic heterocycles. The lowest BCUT2D eigenvalue weighted by Crippen LogP contribution is -2.44. The van der Waals surface area contributed by atoms with E-state index >= 15 is 8.78 Å². The summed E-state index contributed by atoms with van der Waals surface area (Å²) in [5.41, 5.74) is 1.21. The molecule has 0 bridgehead atoms. The third-order valence-corrected chi connectivity index (χ3v) is 8.12. The fourth-order valence-electron chi connectivity index (χ4n) is 4.35. The second kappa shape index (κ2) is 10.5. The second-order valence-corrected chi connectivity index (χ2v) is 11.7. The standard InChI is InChI=1S/C25H27ClF2N8O2S/c1-34-10-12-36(13-11-34)19-9-8-17(21(27)22(19)28)31-25-32-23-20(15(26)14-29-23)24(33-25)30-16-6-4-5-7-18(16)35(2)39(3,37)38/h4-9,14H,10-13H2,1-3H3,(H3,29,30,31,32,33). The van der Waals surface area contributed by atoms with E-state index in [4.69, 9.17) is 11.6 Å². The number of para-hydroxylation sites is 2. The van der Waals surface area contributed by atoms with Gasteiger partial charge in [0, 0.05) is 39.4 Å². The monoisotopic (exact) mass is 576 g/mol. The predicted octanol–water partition coefficient (Wildman–Crippen LogP) is 4.52. The van der Waals surface area contributed by atoms with Gasteiger partial charge in [-0.25, -0.2) is 17.2 Å². The van der Waals surface area contributed by atoms with Crippen molar-refractivity contribution in [2.75, 3.05) is 66.4 Å². The Morgan fingerprint density at radius 2 is 1.72 bits per heavy atom. The normalized spacial score (nSPS) is 14.6. The number of hydrogen-bond donors (Lipinski definition) is 3. The molecule has 206 valence electrons. The topological polar surface area (TPSA) is 109 Å². The SMILES string of the molecule is CN1CCN(c2ccc(Nc3nc(Nc4ccccc4N(C)S(C)(=O)=O)c4c(Cl)c[nH]c4n3)c(F)c2F)CC1. The first-order valence-electron chi connectivity index (χ1n) is 12.1. The molecule has 4 aromatic rings. The van der Waals surface area contributed by atoms with Gasteiger partial charge in [-0.05, 0) is 31.3 Å². The number of aromatic amines is 1. The van der Waals surface area contributed by atoms with Gasteiger partial charge in [0.25, 0.3) is 0 Å². The summed E-state index contributed by atoms with van der Waals surface area (Å²) in [4.78, 5) is 15.7. The molecule has 0 unspecified atom stereocenters. The van der Waals surface area contributed by atoms with E-state index in [2.05, 4.69) is 30.5 Å². The van der Waals surface area contributed by atoms with Crippen molar-refractivity contribution in [3.05, 3.63) is 59.3 Å². The number of benzene rings is 2. The number of hydrogen-bond acceptors (Lipinski definition) is 8. The molecular formula is C25H27ClF2N8O2S. The highest BCUT2D eigenvalue weighted by molar-refractivity contribution is 7.92. The molecular weight excluding hydrogens is 550 g/mol. The second-order valence-electron chi connectivity index (χ2n) is 9.30. The first kappa shape index (κ1) is 26.9. The molecule has 0 aliphatic carbocycles. The first-order chi connectivity index (χ1) is 18.5. The summed E-state index contributed by atoms with van der Waals surface area (Å²) in [7, 11) is -0.127. The summed E-state index contributed by atoms with van der Waals surface area (Å²) >= 11 is 6.38. The number of likely N-dealkylation sites (N-methyl/N-ethyl adjacent to an activating group) is 1. The van der Waals surface area contributed by atoms with Crippen LogP contribution in [0.3, 0.4) is 0 Å². The molecule has 14 heteroatoms. The van der Waals surface area contributed by atoms with Gasteiger partial charge >= 0.3 is 0 Å². The number of piperazine rings is 1. The predicted molar refractivity (Wildman–Crippen MR) is 151 cm³/mol. The summed E-state index contributed by atoms with van der Waals surface area (Å²) in [6.07, 6.45) is 2.62. The Morgan fingerprint density at radius 1 is 1.00 bits per heavy atom. The maximum Gasteiger partial charge on any atom is 0.232 e. The van der Waals surface area contributed by atoms with Gasteiger partial charge in [-0.2, -0.15) is 9.97 Å². The Bertz CT molecular complexity index is 1640. The van der Waals surface area contributed by atoms with Gasteiger partial charge in [-0.1, -0.05) is 23.7 Å². The van der Waals surface area contributed by atoms with E-state index in [1.54, 1.807) is 24.3 Å². The largest absolute Gasteiger partial charge is 0.367 e. The Hall–Kier alpha value is -3.68. The number of aromatic nitrogens is 3. The molecule has 0 spiro atoms. The minimum atomic E-state index is -3.55. The average molecular weight is 577 g/mol. The molecule has 1 saturated heterocycles. The molecule has 10 nitrogen and oxygen atoms in total. The highest BCUT2D eigenvalue weighted by atomic mass is 35.5. The van der Waals surface area contributed by atoms with Crippen LogP contribution in [0.5, 0.6) is 0 Å². The van der Waals surface area contributed by atoms with Crippen molar-refractivity contribution in [2.24, 2.45) is 0 Å². The molecule has 0 atom stereocenters. The summed E-state index contributed by atoms with van der Waals surface area (Å²) in [6.45, 7) is 2.70. The van der Waals surface area contributed by atoms with E-state index in [0.717, 1.165) is 23.7 Å². The molecule has 1 fully saturated rings. The van der Waals surface area contributed by atoms with E-state index in [1.165, 1.54) is 25.4 Å². The van der Waals surface area contributed by atoms with E-state index in [-0.39, 0.29) is 23.1 Å². The van der Waals surface area contributed by atoms with E-state index in [1.807, 2.05) is 11.9 Å². The van der Waals surface area contributed by atoms with Gasteiger partial charge in [0.1, 0.15) is 11.5 Å². The van der Waals surface area contributed by atoms with Crippen LogP contribution in [0.25, 0.3) is 11.0 Å². The van der Waals surface area contributed by atoms with Crippen molar-refractivity contribution >= 4 is 67.2 Å². The number of nitrogens with zero attached hydrogens (tertiary/aromatic N) is 5. The third kappa shape index (κ3) is 5.42. The molecule has 3 N–H and O–H groups in total. The molecule has 0 amide bonds. The molecule has 3 heterocycles. The van der Waals surface area contributed by atoms with Gasteiger partial charge in [0.05, 0.1) is 39.4 Å². The van der Waals surface area contributed by atoms with Crippen LogP contribution in [0.15, 0.2) is 42.6 Å². The van der Waals surface area contributed by atoms with Gasteiger partial charge in [-0.3, -0.25) is 4.31 Å². The fourth-order valence-corrected chi connectivity index (χ4v) is 5.10. The van der Waals surface area contributed by atoms with Crippen molar-refractivity contribution in [1.29, 1.82) is 0 Å². The molecule has 5 rings (SSSR count). The van der Waals surface area contributed by atoms with E-state index in [0.29, 0.717) is 40.5 Å². The first-order valence-corrected chi connectivity index (χ1v) is 14.3. The quantitative estimate of drug-likeness (QED) is 0.295. The van der Waals surface area contributed by atoms with Crippen LogP contribution >= 0.6 is 11.6 Å². The fraction of sp³-hybridized carbons (Fsp3) is 0.280. The summed E-state index contributed by atoms with van der Waals surface area (Å²) in [5.74, 6) is -1.79. The van der Waals surface area contributed by atoms with Crippen molar-refractivity contribution in [1.82, 2.24) is 19.9 Å². The molecule has 39 heavy (non-hydrogen) atoms. The van der Waals surface area contributed by atoms with Gasteiger partial charge < -0.3 is 25.4 Å². The maximum absolute atomic E-state index is 15.2. The number of fused-ring (bicyclic) bond motifs is 1. The van der Waals surface area contributed by atoms with Gasteiger partial charge in [0.15, 0.2) is 11.6 Å². The number of nitrogens with one attached hydrogen (secondary N) is 3. The summed E-state index contributed by atoms with van der Waals surface area (Å²) < 4.78 is 55.7. The molecule has 0 radical (unpaired) electrons. The van der Waals surface area contributed by atoms with Crippen LogP contribution in [-0.2, 0) is 10.0 Å². The Labute approximate surface area is 229 Å². The number of halogens is 3. The van der Waals surface area contributed by atoms with Gasteiger partial charge in [0.2, 0.25) is 16.0 Å². The highest BCUT2D eigenvalue weighted by Crippen LogP contribution is 2.36. The molecule has 1 aliphatic heterocycles. The number of H-pyrrole nitrogens is 1. The van der Waals surface area contributed by atoms with Crippen molar-refractivity contribution < 1.29 is 17.2 Å². The van der Waals surface area contributed by atoms with Crippen LogP contribution in [0.2, 0.25) is 5.02 Å². The molecule has 1 aliphatic rings. The Balaban J connectivity index is 1.49. The van der Waals surface area contributed by atoms with Crippen molar-refractivity contribution in [2.45, 2.75) is 0 Å². The third-order valence-electron chi connectivity index (χ3n) is 6.63. The van der Waals surface area contributed by atoms with Crippen LogP contribution in [-0.4, -0.2) is 74.8 Å². The minimum absolute atomic E-state index is 0.0249. The van der Waals surface area contributed by atoms with Crippen LogP contribution in [0.4, 0.5) is 43.3 Å². The van der Waals surface area contributed by atoms with Gasteiger partial charge in [-0.15, -0.1) is 0 Å². The number of anilines is 6. The lowest BCUT2D eigenvalue weighted by Gasteiger charge is -2.34. The van der Waals surface area contributed by atoms with E-state index in [9.17, 15) is 8.42 Å². The molecule has 0 saturated carbocycles. The van der Waals surface area contributed by atoms with Crippen molar-refractivity contribution in [3.63, 3.8) is 0 Å². The summed E-state index contributed by atoms with van der Waals surface area (Å²) in [5, 5.41) is 6.65. The maximum atomic E-state index is 15.2.